The Labute approximate surface area is 207 Å². The van der Waals surface area contributed by atoms with Crippen LogP contribution in [-0.2, 0) is 10.0 Å². The quantitative estimate of drug-likeness (QED) is 0.482. The van der Waals surface area contributed by atoms with Gasteiger partial charge in [-0.1, -0.05) is 24.6 Å². The number of aromatic amines is 1. The first-order valence-electron chi connectivity index (χ1n) is 11.1. The fraction of sp³-hybridized carbons (Fsp3) is 0.391. The maximum absolute atomic E-state index is 14.9. The van der Waals surface area contributed by atoms with E-state index in [4.69, 9.17) is 20.8 Å². The molecule has 0 saturated heterocycles. The van der Waals surface area contributed by atoms with Crippen molar-refractivity contribution in [1.82, 2.24) is 14.9 Å². The lowest BCUT2D eigenvalue weighted by molar-refractivity contribution is 0.299. The minimum Gasteiger partial charge on any atom is -0.488 e. The summed E-state index contributed by atoms with van der Waals surface area (Å²) in [7, 11) is -4.28. The van der Waals surface area contributed by atoms with Gasteiger partial charge in [0.1, 0.15) is 23.4 Å². The van der Waals surface area contributed by atoms with Crippen LogP contribution in [0.4, 0.5) is 10.1 Å². The zero-order chi connectivity index (χ0) is 25.5. The number of aromatic nitrogens is 2. The molecule has 4 rings (SSSR count). The van der Waals surface area contributed by atoms with Gasteiger partial charge >= 0.3 is 5.76 Å². The van der Waals surface area contributed by atoms with E-state index in [-0.39, 0.29) is 28.7 Å². The van der Waals surface area contributed by atoms with Gasteiger partial charge in [0, 0.05) is 12.5 Å². The Bertz CT molecular complexity index is 1420. The van der Waals surface area contributed by atoms with Gasteiger partial charge in [-0.05, 0) is 55.7 Å². The number of nitrogens with zero attached hydrogens (tertiary/aromatic N) is 2. The topological polar surface area (TPSA) is 118 Å². The highest BCUT2D eigenvalue weighted by Gasteiger charge is 2.36. The largest absolute Gasteiger partial charge is 0.488 e. The highest BCUT2D eigenvalue weighted by Crippen LogP contribution is 2.43. The lowest BCUT2D eigenvalue weighted by atomic mass is 9.88. The molecule has 0 saturated carbocycles. The van der Waals surface area contributed by atoms with E-state index < -0.39 is 33.6 Å². The molecule has 0 aliphatic carbocycles. The molecule has 9 nitrogen and oxygen atoms in total. The standard InChI is InChI=1S/C23H26ClFN4O5S/c1-5-29-10-11-33-21-17(9-7-15(24)20(21)29)35(31,32)28-19(22-26-27-23(30)34-22)14(4)18-13(3)12(2)6-8-16(18)25/h6-9,14,19,28H,5,10-11H2,1-4H3,(H,27,30). The van der Waals surface area contributed by atoms with Crippen molar-refractivity contribution in [2.24, 2.45) is 0 Å². The number of fused-ring (bicyclic) bond motifs is 1. The second-order valence-corrected chi connectivity index (χ2v) is 10.5. The number of aryl methyl sites for hydroxylation is 1. The SMILES string of the molecule is CCN1CCOc2c(S(=O)(=O)NC(c3n[nH]c(=O)o3)C(C)c3c(F)ccc(C)c3C)ccc(Cl)c21. The van der Waals surface area contributed by atoms with Gasteiger partial charge in [0.05, 0.1) is 17.3 Å². The normalized spacial score (nSPS) is 15.4. The second-order valence-electron chi connectivity index (χ2n) is 8.39. The van der Waals surface area contributed by atoms with Crippen molar-refractivity contribution < 1.29 is 22.0 Å². The molecule has 188 valence electrons. The van der Waals surface area contributed by atoms with E-state index in [1.54, 1.807) is 19.9 Å². The van der Waals surface area contributed by atoms with E-state index in [0.29, 0.717) is 29.4 Å². The molecule has 2 atom stereocenters. The summed E-state index contributed by atoms with van der Waals surface area (Å²) < 4.78 is 55.7. The van der Waals surface area contributed by atoms with Gasteiger partial charge in [0.25, 0.3) is 0 Å². The predicted molar refractivity (Wildman–Crippen MR) is 129 cm³/mol. The third-order valence-electron chi connectivity index (χ3n) is 6.33. The smallest absolute Gasteiger partial charge is 0.434 e. The fourth-order valence-electron chi connectivity index (χ4n) is 4.36. The number of H-pyrrole nitrogens is 1. The summed E-state index contributed by atoms with van der Waals surface area (Å²) in [6.45, 7) is 8.60. The molecule has 1 aliphatic rings. The highest BCUT2D eigenvalue weighted by molar-refractivity contribution is 7.89. The predicted octanol–water partition coefficient (Wildman–Crippen LogP) is 3.81. The number of anilines is 1. The molecule has 1 aliphatic heterocycles. The first-order valence-corrected chi connectivity index (χ1v) is 12.9. The highest BCUT2D eigenvalue weighted by atomic mass is 35.5. The van der Waals surface area contributed by atoms with Crippen LogP contribution in [0, 0.1) is 19.7 Å². The first-order chi connectivity index (χ1) is 16.5. The molecule has 0 fully saturated rings. The van der Waals surface area contributed by atoms with E-state index in [9.17, 15) is 17.6 Å². The first kappa shape index (κ1) is 25.2. The average molecular weight is 525 g/mol. The molecular formula is C23H26ClFN4O5S. The van der Waals surface area contributed by atoms with Crippen LogP contribution in [0.15, 0.2) is 38.4 Å². The van der Waals surface area contributed by atoms with Crippen molar-refractivity contribution >= 4 is 27.3 Å². The molecule has 2 unspecified atom stereocenters. The third kappa shape index (κ3) is 4.67. The van der Waals surface area contributed by atoms with Crippen molar-refractivity contribution in [2.75, 3.05) is 24.6 Å². The van der Waals surface area contributed by atoms with Crippen LogP contribution in [0.25, 0.3) is 0 Å². The van der Waals surface area contributed by atoms with Crippen LogP contribution >= 0.6 is 11.6 Å². The minimum atomic E-state index is -4.28. The summed E-state index contributed by atoms with van der Waals surface area (Å²) in [4.78, 5) is 13.5. The Morgan fingerprint density at radius 3 is 2.69 bits per heavy atom. The Morgan fingerprint density at radius 1 is 1.29 bits per heavy atom. The average Bonchev–Trinajstić information content (AvgIpc) is 3.25. The number of likely N-dealkylation sites (N-methyl/N-ethyl adjacent to an activating group) is 1. The van der Waals surface area contributed by atoms with Crippen molar-refractivity contribution in [3.05, 3.63) is 68.2 Å². The van der Waals surface area contributed by atoms with E-state index in [1.807, 2.05) is 18.7 Å². The molecule has 0 radical (unpaired) electrons. The summed E-state index contributed by atoms with van der Waals surface area (Å²) >= 11 is 6.38. The lowest BCUT2D eigenvalue weighted by Gasteiger charge is -2.32. The van der Waals surface area contributed by atoms with Crippen molar-refractivity contribution in [2.45, 2.75) is 44.6 Å². The number of hydrogen-bond donors (Lipinski definition) is 2. The fourth-order valence-corrected chi connectivity index (χ4v) is 6.04. The molecular weight excluding hydrogens is 499 g/mol. The van der Waals surface area contributed by atoms with Crippen LogP contribution in [0.5, 0.6) is 5.75 Å². The van der Waals surface area contributed by atoms with Gasteiger partial charge < -0.3 is 14.1 Å². The molecule has 2 heterocycles. The summed E-state index contributed by atoms with van der Waals surface area (Å²) in [5.41, 5.74) is 2.26. The van der Waals surface area contributed by atoms with Crippen LogP contribution < -0.4 is 20.1 Å². The van der Waals surface area contributed by atoms with Gasteiger partial charge in [-0.15, -0.1) is 5.10 Å². The Morgan fingerprint density at radius 2 is 2.03 bits per heavy atom. The summed E-state index contributed by atoms with van der Waals surface area (Å²) in [6, 6.07) is 4.61. The van der Waals surface area contributed by atoms with Gasteiger partial charge in [-0.2, -0.15) is 4.72 Å². The van der Waals surface area contributed by atoms with Crippen molar-refractivity contribution in [3.63, 3.8) is 0 Å². The lowest BCUT2D eigenvalue weighted by Crippen LogP contribution is -2.36. The van der Waals surface area contributed by atoms with Gasteiger partial charge in [0.2, 0.25) is 15.9 Å². The second kappa shape index (κ2) is 9.63. The molecule has 3 aromatic rings. The molecule has 2 N–H and O–H groups in total. The Hall–Kier alpha value is -2.89. The van der Waals surface area contributed by atoms with Crippen molar-refractivity contribution in [3.8, 4) is 5.75 Å². The summed E-state index contributed by atoms with van der Waals surface area (Å²) in [5.74, 6) is -2.24. The minimum absolute atomic E-state index is 0.130. The van der Waals surface area contributed by atoms with E-state index >= 15 is 0 Å². The maximum atomic E-state index is 14.9. The third-order valence-corrected chi connectivity index (χ3v) is 8.10. The number of benzene rings is 2. The van der Waals surface area contributed by atoms with Gasteiger partial charge in [-0.3, -0.25) is 0 Å². The molecule has 2 aromatic carbocycles. The molecule has 0 amide bonds. The van der Waals surface area contributed by atoms with Crippen LogP contribution in [0.3, 0.4) is 0 Å². The molecule has 12 heteroatoms. The number of sulfonamides is 1. The Balaban J connectivity index is 1.82. The monoisotopic (exact) mass is 524 g/mol. The number of hydrogen-bond acceptors (Lipinski definition) is 7. The van der Waals surface area contributed by atoms with Crippen LogP contribution in [0.1, 0.15) is 48.4 Å². The number of halogens is 2. The Kier molecular flexibility index (Phi) is 6.94. The van der Waals surface area contributed by atoms with Crippen molar-refractivity contribution in [1.29, 1.82) is 0 Å². The van der Waals surface area contributed by atoms with Gasteiger partial charge in [-0.25, -0.2) is 22.7 Å². The summed E-state index contributed by atoms with van der Waals surface area (Å²) in [5, 5.41) is 6.34. The van der Waals surface area contributed by atoms with Crippen LogP contribution in [0.2, 0.25) is 5.02 Å². The van der Waals surface area contributed by atoms with Gasteiger partial charge in [0.15, 0.2) is 5.75 Å². The number of rotatable bonds is 7. The molecule has 0 spiro atoms. The van der Waals surface area contributed by atoms with E-state index in [2.05, 4.69) is 14.9 Å². The van der Waals surface area contributed by atoms with Crippen LogP contribution in [-0.4, -0.2) is 38.3 Å². The maximum Gasteiger partial charge on any atom is 0.434 e. The van der Waals surface area contributed by atoms with E-state index in [0.717, 1.165) is 5.56 Å². The zero-order valence-corrected chi connectivity index (χ0v) is 21.3. The number of ether oxygens (including phenoxy) is 1. The molecule has 1 aromatic heterocycles. The number of nitrogens with one attached hydrogen (secondary N) is 2. The molecule has 0 bridgehead atoms. The zero-order valence-electron chi connectivity index (χ0n) is 19.7. The summed E-state index contributed by atoms with van der Waals surface area (Å²) in [6.07, 6.45) is 0. The van der Waals surface area contributed by atoms with E-state index in [1.165, 1.54) is 18.2 Å². The molecule has 35 heavy (non-hydrogen) atoms.